The highest BCUT2D eigenvalue weighted by atomic mass is 32.2. The standard InChI is InChI=1S/C28H34O6SSi/c1-21-15-17-22(18-16-21)35(30,31)32-20-26-25(19-27(29)33-26)34-36(28(2,3)4,23-11-7-5-8-12-23)24-13-9-6-10-14-24/h5-18,25-27,29H,19-20H2,1-4H3/t25-,26+,27?/m0/s1. The second-order valence-electron chi connectivity index (χ2n) is 10.2. The molecule has 1 fully saturated rings. The third kappa shape index (κ3) is 5.49. The van der Waals surface area contributed by atoms with Gasteiger partial charge in [0.25, 0.3) is 18.4 Å². The van der Waals surface area contributed by atoms with Crippen LogP contribution in [0.15, 0.2) is 89.8 Å². The molecule has 0 spiro atoms. The number of benzene rings is 3. The summed E-state index contributed by atoms with van der Waals surface area (Å²) >= 11 is 0. The van der Waals surface area contributed by atoms with E-state index < -0.39 is 36.9 Å². The Morgan fingerprint density at radius 1 is 0.917 bits per heavy atom. The average molecular weight is 527 g/mol. The molecule has 36 heavy (non-hydrogen) atoms. The van der Waals surface area contributed by atoms with E-state index in [1.165, 1.54) is 12.1 Å². The number of aryl methyl sites for hydroxylation is 1. The summed E-state index contributed by atoms with van der Waals surface area (Å²) in [5.41, 5.74) is 0.954. The molecule has 3 aromatic rings. The molecule has 192 valence electrons. The van der Waals surface area contributed by atoms with E-state index in [4.69, 9.17) is 13.3 Å². The maximum Gasteiger partial charge on any atom is 0.297 e. The van der Waals surface area contributed by atoms with Gasteiger partial charge in [-0.1, -0.05) is 99.1 Å². The van der Waals surface area contributed by atoms with Crippen molar-refractivity contribution in [3.63, 3.8) is 0 Å². The Morgan fingerprint density at radius 3 is 1.94 bits per heavy atom. The number of hydrogen-bond acceptors (Lipinski definition) is 6. The molecular weight excluding hydrogens is 492 g/mol. The van der Waals surface area contributed by atoms with E-state index in [9.17, 15) is 13.5 Å². The zero-order valence-corrected chi connectivity index (χ0v) is 22.9. The van der Waals surface area contributed by atoms with Gasteiger partial charge in [-0.05, 0) is 34.5 Å². The first-order valence-electron chi connectivity index (χ1n) is 12.1. The summed E-state index contributed by atoms with van der Waals surface area (Å²) in [6, 6.07) is 26.8. The lowest BCUT2D eigenvalue weighted by atomic mass is 10.2. The highest BCUT2D eigenvalue weighted by molar-refractivity contribution is 7.86. The molecular formula is C28H34O6SSi. The SMILES string of the molecule is Cc1ccc(S(=O)(=O)OC[C@H]2OC(O)C[C@@H]2O[Si](c2ccccc2)(c2ccccc2)C(C)(C)C)cc1. The molecule has 8 heteroatoms. The van der Waals surface area contributed by atoms with Crippen LogP contribution in [0, 0.1) is 6.92 Å². The van der Waals surface area contributed by atoms with E-state index >= 15 is 0 Å². The lowest BCUT2D eigenvalue weighted by Crippen LogP contribution is -2.68. The Bertz CT molecular complexity index is 1200. The second-order valence-corrected chi connectivity index (χ2v) is 16.1. The summed E-state index contributed by atoms with van der Waals surface area (Å²) < 4.78 is 43.8. The summed E-state index contributed by atoms with van der Waals surface area (Å²) in [6.07, 6.45) is -2.14. The van der Waals surface area contributed by atoms with Crippen LogP contribution < -0.4 is 10.4 Å². The van der Waals surface area contributed by atoms with Gasteiger partial charge in [-0.2, -0.15) is 8.42 Å². The van der Waals surface area contributed by atoms with Crippen molar-refractivity contribution in [2.45, 2.75) is 62.5 Å². The fourth-order valence-electron chi connectivity index (χ4n) is 4.81. The fourth-order valence-corrected chi connectivity index (χ4v) is 10.4. The molecule has 0 radical (unpaired) electrons. The average Bonchev–Trinajstić information content (AvgIpc) is 3.20. The van der Waals surface area contributed by atoms with Crippen molar-refractivity contribution in [2.24, 2.45) is 0 Å². The van der Waals surface area contributed by atoms with E-state index in [0.717, 1.165) is 15.9 Å². The molecule has 1 saturated heterocycles. The third-order valence-corrected chi connectivity index (χ3v) is 13.0. The van der Waals surface area contributed by atoms with Gasteiger partial charge in [0.1, 0.15) is 6.10 Å². The largest absolute Gasteiger partial charge is 0.402 e. The molecule has 1 N–H and O–H groups in total. The predicted molar refractivity (Wildman–Crippen MR) is 142 cm³/mol. The molecule has 1 heterocycles. The van der Waals surface area contributed by atoms with E-state index in [0.29, 0.717) is 0 Å². The van der Waals surface area contributed by atoms with Crippen LogP contribution >= 0.6 is 0 Å². The summed E-state index contributed by atoms with van der Waals surface area (Å²) in [5.74, 6) is 0. The molecule has 1 aliphatic heterocycles. The predicted octanol–water partition coefficient (Wildman–Crippen LogP) is 3.75. The Hall–Kier alpha value is -2.33. The van der Waals surface area contributed by atoms with Crippen molar-refractivity contribution in [1.82, 2.24) is 0 Å². The van der Waals surface area contributed by atoms with Gasteiger partial charge >= 0.3 is 0 Å². The molecule has 0 saturated carbocycles. The molecule has 1 unspecified atom stereocenters. The Balaban J connectivity index is 1.66. The van der Waals surface area contributed by atoms with E-state index in [-0.39, 0.29) is 23.0 Å². The van der Waals surface area contributed by atoms with Gasteiger partial charge in [-0.15, -0.1) is 0 Å². The number of aliphatic hydroxyl groups excluding tert-OH is 1. The lowest BCUT2D eigenvalue weighted by molar-refractivity contribution is -0.103. The molecule has 0 bridgehead atoms. The summed E-state index contributed by atoms with van der Waals surface area (Å²) in [6.45, 7) is 8.13. The van der Waals surface area contributed by atoms with Gasteiger partial charge in [-0.3, -0.25) is 4.18 Å². The number of aliphatic hydroxyl groups is 1. The lowest BCUT2D eigenvalue weighted by Gasteiger charge is -2.45. The quantitative estimate of drug-likeness (QED) is 0.356. The van der Waals surface area contributed by atoms with Crippen LogP contribution in [0.5, 0.6) is 0 Å². The first kappa shape index (κ1) is 26.7. The van der Waals surface area contributed by atoms with Crippen molar-refractivity contribution in [3.8, 4) is 0 Å². The minimum Gasteiger partial charge on any atom is -0.402 e. The smallest absolute Gasteiger partial charge is 0.297 e. The van der Waals surface area contributed by atoms with Gasteiger partial charge in [0.2, 0.25) is 0 Å². The summed E-state index contributed by atoms with van der Waals surface area (Å²) in [7, 11) is -6.91. The van der Waals surface area contributed by atoms with Crippen LogP contribution in [0.1, 0.15) is 32.8 Å². The Labute approximate surface area is 215 Å². The molecule has 3 atom stereocenters. The van der Waals surface area contributed by atoms with E-state index in [2.05, 4.69) is 45.0 Å². The summed E-state index contributed by atoms with van der Waals surface area (Å²) in [5, 5.41) is 12.3. The number of ether oxygens (including phenoxy) is 1. The number of hydrogen-bond donors (Lipinski definition) is 1. The van der Waals surface area contributed by atoms with Gasteiger partial charge in [0.15, 0.2) is 6.29 Å². The van der Waals surface area contributed by atoms with Crippen LogP contribution in [0.3, 0.4) is 0 Å². The van der Waals surface area contributed by atoms with Crippen molar-refractivity contribution < 1.29 is 26.9 Å². The first-order chi connectivity index (χ1) is 17.0. The highest BCUT2D eigenvalue weighted by Gasteiger charge is 2.53. The van der Waals surface area contributed by atoms with Crippen molar-refractivity contribution in [3.05, 3.63) is 90.5 Å². The molecule has 3 aromatic carbocycles. The molecule has 0 amide bonds. The zero-order valence-electron chi connectivity index (χ0n) is 21.1. The monoisotopic (exact) mass is 526 g/mol. The third-order valence-electron chi connectivity index (χ3n) is 6.62. The molecule has 4 rings (SSSR count). The summed E-state index contributed by atoms with van der Waals surface area (Å²) in [4.78, 5) is 0.0797. The van der Waals surface area contributed by atoms with Crippen LogP contribution in [0.25, 0.3) is 0 Å². The van der Waals surface area contributed by atoms with Crippen molar-refractivity contribution in [2.75, 3.05) is 6.61 Å². The van der Waals surface area contributed by atoms with Crippen LogP contribution in [-0.4, -0.2) is 46.9 Å². The molecule has 6 nitrogen and oxygen atoms in total. The molecule has 0 aliphatic carbocycles. The van der Waals surface area contributed by atoms with Crippen molar-refractivity contribution >= 4 is 28.8 Å². The van der Waals surface area contributed by atoms with Crippen LogP contribution in [-0.2, 0) is 23.5 Å². The van der Waals surface area contributed by atoms with Gasteiger partial charge in [0.05, 0.1) is 17.6 Å². The second kappa shape index (κ2) is 10.6. The Kier molecular flexibility index (Phi) is 7.85. The normalized spacial score (nSPS) is 21.0. The first-order valence-corrected chi connectivity index (χ1v) is 15.4. The minimum absolute atomic E-state index is 0.0797. The maximum absolute atomic E-state index is 12.8. The van der Waals surface area contributed by atoms with Gasteiger partial charge < -0.3 is 14.3 Å². The van der Waals surface area contributed by atoms with Gasteiger partial charge in [-0.25, -0.2) is 0 Å². The zero-order chi connectivity index (χ0) is 26.0. The Morgan fingerprint density at radius 2 is 1.44 bits per heavy atom. The fraction of sp³-hybridized carbons (Fsp3) is 0.357. The van der Waals surface area contributed by atoms with E-state index in [1.54, 1.807) is 12.1 Å². The molecule has 1 aliphatic rings. The molecule has 0 aromatic heterocycles. The van der Waals surface area contributed by atoms with Crippen LogP contribution in [0.4, 0.5) is 0 Å². The minimum atomic E-state index is -3.99. The van der Waals surface area contributed by atoms with E-state index in [1.807, 2.05) is 43.3 Å². The highest BCUT2D eigenvalue weighted by Crippen LogP contribution is 2.39. The maximum atomic E-state index is 12.8. The number of rotatable bonds is 8. The van der Waals surface area contributed by atoms with Crippen LogP contribution in [0.2, 0.25) is 5.04 Å². The van der Waals surface area contributed by atoms with Gasteiger partial charge in [0, 0.05) is 6.42 Å². The topological polar surface area (TPSA) is 82.1 Å². The van der Waals surface area contributed by atoms with Crippen molar-refractivity contribution in [1.29, 1.82) is 0 Å².